The average molecular weight is 340 g/mol. The maximum Gasteiger partial charge on any atom is 0.337 e. The fourth-order valence-corrected chi connectivity index (χ4v) is 2.51. The van der Waals surface area contributed by atoms with E-state index in [-0.39, 0.29) is 13.2 Å². The molecule has 2 rings (SSSR count). The summed E-state index contributed by atoms with van der Waals surface area (Å²) in [4.78, 5) is 11.5. The highest BCUT2D eigenvalue weighted by Crippen LogP contribution is 2.28. The third kappa shape index (κ3) is 4.75. The van der Waals surface area contributed by atoms with Gasteiger partial charge in [0.25, 0.3) is 0 Å². The lowest BCUT2D eigenvalue weighted by atomic mass is 10.0. The van der Waals surface area contributed by atoms with Crippen molar-refractivity contribution in [1.82, 2.24) is 0 Å². The minimum Gasteiger partial charge on any atom is -0.467 e. The van der Waals surface area contributed by atoms with Crippen molar-refractivity contribution in [3.05, 3.63) is 35.9 Å². The lowest BCUT2D eigenvalue weighted by Crippen LogP contribution is -2.50. The third-order valence-corrected chi connectivity index (χ3v) is 3.78. The summed E-state index contributed by atoms with van der Waals surface area (Å²) in [7, 11) is 1.14. The first-order valence-corrected chi connectivity index (χ1v) is 7.75. The number of hydrogen-bond acceptors (Lipinski definition) is 7. The third-order valence-electron chi connectivity index (χ3n) is 3.78. The van der Waals surface area contributed by atoms with Crippen LogP contribution >= 0.6 is 0 Å². The maximum atomic E-state index is 11.5. The second-order valence-corrected chi connectivity index (χ2v) is 6.09. The van der Waals surface area contributed by atoms with Crippen molar-refractivity contribution in [3.63, 3.8) is 0 Å². The van der Waals surface area contributed by atoms with Crippen molar-refractivity contribution in [2.24, 2.45) is 0 Å². The highest BCUT2D eigenvalue weighted by molar-refractivity contribution is 5.75. The number of carbonyl (C=O) groups excluding carboxylic acids is 1. The van der Waals surface area contributed by atoms with Gasteiger partial charge >= 0.3 is 5.97 Å². The van der Waals surface area contributed by atoms with Crippen LogP contribution in [0.15, 0.2) is 30.3 Å². The maximum absolute atomic E-state index is 11.5. The molecule has 0 aromatic heterocycles. The van der Waals surface area contributed by atoms with Gasteiger partial charge in [-0.05, 0) is 19.4 Å². The molecule has 1 saturated heterocycles. The van der Waals surface area contributed by atoms with Crippen LogP contribution in [-0.2, 0) is 30.3 Å². The summed E-state index contributed by atoms with van der Waals surface area (Å²) in [6.45, 7) is 3.85. The number of methoxy groups -OCH3 is 1. The van der Waals surface area contributed by atoms with E-state index in [1.807, 2.05) is 30.3 Å². The fourth-order valence-electron chi connectivity index (χ4n) is 2.51. The van der Waals surface area contributed by atoms with Gasteiger partial charge in [0.15, 0.2) is 11.9 Å². The smallest absolute Gasteiger partial charge is 0.337 e. The van der Waals surface area contributed by atoms with Crippen molar-refractivity contribution < 1.29 is 34.0 Å². The van der Waals surface area contributed by atoms with Crippen LogP contribution in [0.25, 0.3) is 0 Å². The van der Waals surface area contributed by atoms with Gasteiger partial charge in [-0.3, -0.25) is 0 Å². The van der Waals surface area contributed by atoms with Crippen molar-refractivity contribution in [2.45, 2.75) is 50.7 Å². The first-order chi connectivity index (χ1) is 11.3. The lowest BCUT2D eigenvalue weighted by Gasteiger charge is -2.30. The van der Waals surface area contributed by atoms with Crippen molar-refractivity contribution in [3.8, 4) is 0 Å². The molecule has 24 heavy (non-hydrogen) atoms. The zero-order valence-corrected chi connectivity index (χ0v) is 14.0. The molecular formula is C17H24O7. The zero-order valence-electron chi connectivity index (χ0n) is 14.0. The first kappa shape index (κ1) is 18.8. The summed E-state index contributed by atoms with van der Waals surface area (Å²) in [5, 5.41) is 20.3. The molecule has 1 aliphatic heterocycles. The van der Waals surface area contributed by atoms with Crippen molar-refractivity contribution in [2.75, 3.05) is 13.7 Å². The molecule has 1 fully saturated rings. The lowest BCUT2D eigenvalue weighted by molar-refractivity contribution is -0.189. The van der Waals surface area contributed by atoms with Gasteiger partial charge in [-0.15, -0.1) is 0 Å². The minimum atomic E-state index is -1.73. The minimum absolute atomic E-state index is 0.178. The van der Waals surface area contributed by atoms with E-state index in [9.17, 15) is 15.0 Å². The SMILES string of the molecule is COC(=O)[C@@H](O)[C@H](O)[C@@H](OCc1ccccc1)[C@@H]1COC(C)(C)O1. The Balaban J connectivity index is 2.10. The Labute approximate surface area is 141 Å². The van der Waals surface area contributed by atoms with Gasteiger partial charge < -0.3 is 29.2 Å². The molecular weight excluding hydrogens is 316 g/mol. The Kier molecular flexibility index (Phi) is 6.31. The van der Waals surface area contributed by atoms with Crippen molar-refractivity contribution >= 4 is 5.97 Å². The second-order valence-electron chi connectivity index (χ2n) is 6.09. The van der Waals surface area contributed by atoms with Crippen LogP contribution in [0.3, 0.4) is 0 Å². The standard InChI is InChI=1S/C17H24O7/c1-17(2)23-10-12(24-17)15(13(18)14(19)16(20)21-3)22-9-11-7-5-4-6-8-11/h4-8,12-15,18-19H,9-10H2,1-3H3/t12-,13-,14-,15-/m0/s1. The molecule has 0 saturated carbocycles. The predicted molar refractivity (Wildman–Crippen MR) is 84.0 cm³/mol. The number of esters is 1. The molecule has 4 atom stereocenters. The molecule has 2 N–H and O–H groups in total. The Hall–Kier alpha value is -1.51. The Morgan fingerprint density at radius 3 is 2.54 bits per heavy atom. The van der Waals surface area contributed by atoms with Crippen LogP contribution in [0.1, 0.15) is 19.4 Å². The largest absolute Gasteiger partial charge is 0.467 e. The monoisotopic (exact) mass is 340 g/mol. The van der Waals surface area contributed by atoms with E-state index in [1.165, 1.54) is 0 Å². The number of benzene rings is 1. The number of aliphatic hydroxyl groups is 2. The summed E-state index contributed by atoms with van der Waals surface area (Å²) in [5.41, 5.74) is 0.889. The van der Waals surface area contributed by atoms with Gasteiger partial charge in [-0.2, -0.15) is 0 Å². The van der Waals surface area contributed by atoms with Gasteiger partial charge in [0.2, 0.25) is 0 Å². The molecule has 0 spiro atoms. The highest BCUT2D eigenvalue weighted by atomic mass is 16.7. The van der Waals surface area contributed by atoms with Crippen LogP contribution in [0.2, 0.25) is 0 Å². The molecule has 0 aliphatic carbocycles. The van der Waals surface area contributed by atoms with Gasteiger partial charge in [-0.25, -0.2) is 4.79 Å². The molecule has 1 aromatic rings. The molecule has 0 radical (unpaired) electrons. The fraction of sp³-hybridized carbons (Fsp3) is 0.588. The summed E-state index contributed by atoms with van der Waals surface area (Å²) in [6, 6.07) is 9.36. The predicted octanol–water partition coefficient (Wildman–Crippen LogP) is 0.618. The molecule has 0 unspecified atom stereocenters. The molecule has 1 aromatic carbocycles. The molecule has 0 amide bonds. The van der Waals surface area contributed by atoms with E-state index in [2.05, 4.69) is 4.74 Å². The van der Waals surface area contributed by atoms with Gasteiger partial charge in [0.1, 0.15) is 18.3 Å². The molecule has 134 valence electrons. The van der Waals surface area contributed by atoms with E-state index in [0.717, 1.165) is 12.7 Å². The first-order valence-electron chi connectivity index (χ1n) is 7.75. The highest BCUT2D eigenvalue weighted by Gasteiger charge is 2.44. The van der Waals surface area contributed by atoms with Crippen LogP contribution in [-0.4, -0.2) is 60.1 Å². The van der Waals surface area contributed by atoms with Crippen LogP contribution in [0.4, 0.5) is 0 Å². The van der Waals surface area contributed by atoms with E-state index in [1.54, 1.807) is 13.8 Å². The molecule has 7 heteroatoms. The number of aliphatic hydroxyl groups excluding tert-OH is 2. The normalized spacial score (nSPS) is 23.5. The van der Waals surface area contributed by atoms with E-state index in [4.69, 9.17) is 14.2 Å². The Morgan fingerprint density at radius 2 is 2.00 bits per heavy atom. The van der Waals surface area contributed by atoms with Gasteiger partial charge in [0.05, 0.1) is 20.3 Å². The molecule has 7 nitrogen and oxygen atoms in total. The number of hydrogen-bond donors (Lipinski definition) is 2. The average Bonchev–Trinajstić information content (AvgIpc) is 2.94. The van der Waals surface area contributed by atoms with Crippen LogP contribution < -0.4 is 0 Å². The summed E-state index contributed by atoms with van der Waals surface area (Å²) in [5.74, 6) is -1.76. The van der Waals surface area contributed by atoms with Gasteiger partial charge in [-0.1, -0.05) is 30.3 Å². The second kappa shape index (κ2) is 8.04. The Morgan fingerprint density at radius 1 is 1.33 bits per heavy atom. The van der Waals surface area contributed by atoms with E-state index >= 15 is 0 Å². The number of carbonyl (C=O) groups is 1. The van der Waals surface area contributed by atoms with Crippen LogP contribution in [0.5, 0.6) is 0 Å². The van der Waals surface area contributed by atoms with Gasteiger partial charge in [0, 0.05) is 0 Å². The summed E-state index contributed by atoms with van der Waals surface area (Å²) < 4.78 is 21.4. The molecule has 1 aliphatic rings. The van der Waals surface area contributed by atoms with Crippen LogP contribution in [0, 0.1) is 0 Å². The quantitative estimate of drug-likeness (QED) is 0.703. The molecule has 1 heterocycles. The van der Waals surface area contributed by atoms with E-state index < -0.39 is 36.2 Å². The zero-order chi connectivity index (χ0) is 17.7. The number of rotatable bonds is 7. The summed E-state index contributed by atoms with van der Waals surface area (Å²) in [6.07, 6.45) is -4.83. The topological polar surface area (TPSA) is 94.5 Å². The summed E-state index contributed by atoms with van der Waals surface area (Å²) >= 11 is 0. The Bertz CT molecular complexity index is 531. The number of ether oxygens (including phenoxy) is 4. The molecule has 0 bridgehead atoms. The van der Waals surface area contributed by atoms with E-state index in [0.29, 0.717) is 0 Å². The van der Waals surface area contributed by atoms with Crippen molar-refractivity contribution in [1.29, 1.82) is 0 Å².